The van der Waals surface area contributed by atoms with Gasteiger partial charge in [0.15, 0.2) is 0 Å². The maximum atomic E-state index is 8.69. The van der Waals surface area contributed by atoms with Gasteiger partial charge in [0.1, 0.15) is 12.1 Å². The van der Waals surface area contributed by atoms with Gasteiger partial charge in [0.25, 0.3) is 0 Å². The van der Waals surface area contributed by atoms with E-state index in [2.05, 4.69) is 27.4 Å². The first kappa shape index (κ1) is 11.1. The lowest BCUT2D eigenvalue weighted by atomic mass is 10.0. The maximum absolute atomic E-state index is 8.69. The van der Waals surface area contributed by atoms with E-state index in [1.54, 1.807) is 6.33 Å². The van der Waals surface area contributed by atoms with Crippen molar-refractivity contribution in [2.75, 3.05) is 18.5 Å². The van der Waals surface area contributed by atoms with E-state index in [9.17, 15) is 0 Å². The molecule has 0 radical (unpaired) electrons. The zero-order valence-electron chi connectivity index (χ0n) is 9.26. The van der Waals surface area contributed by atoms with Crippen molar-refractivity contribution in [3.8, 4) is 0 Å². The highest BCUT2D eigenvalue weighted by Gasteiger charge is 2.14. The molecule has 86 valence electrons. The predicted octanol–water partition coefficient (Wildman–Crippen LogP) is 1.70. The molecular weight excluding hydrogens is 202 g/mol. The van der Waals surface area contributed by atoms with Gasteiger partial charge in [-0.25, -0.2) is 9.97 Å². The summed E-state index contributed by atoms with van der Waals surface area (Å²) in [7, 11) is 0. The summed E-state index contributed by atoms with van der Waals surface area (Å²) in [5, 5.41) is 11.9. The molecule has 0 saturated carbocycles. The highest BCUT2D eigenvalue weighted by atomic mass is 16.3. The molecule has 1 aromatic heterocycles. The van der Waals surface area contributed by atoms with Gasteiger partial charge in [0, 0.05) is 30.8 Å². The Bertz CT molecular complexity index is 357. The Balaban J connectivity index is 1.96. The van der Waals surface area contributed by atoms with Crippen LogP contribution in [-0.2, 0) is 0 Å². The van der Waals surface area contributed by atoms with Crippen LogP contribution in [0.4, 0.5) is 5.82 Å². The average Bonchev–Trinajstić information content (AvgIpc) is 2.83. The second kappa shape index (κ2) is 5.61. The fraction of sp³-hybridized carbons (Fsp3) is 0.500. The van der Waals surface area contributed by atoms with E-state index in [4.69, 9.17) is 5.11 Å². The molecule has 1 heterocycles. The van der Waals surface area contributed by atoms with Gasteiger partial charge in [-0.2, -0.15) is 0 Å². The highest BCUT2D eigenvalue weighted by molar-refractivity contribution is 5.36. The molecule has 1 aliphatic carbocycles. The van der Waals surface area contributed by atoms with Crippen LogP contribution in [0.3, 0.4) is 0 Å². The number of aromatic nitrogens is 2. The fourth-order valence-electron chi connectivity index (χ4n) is 1.85. The van der Waals surface area contributed by atoms with Gasteiger partial charge in [-0.1, -0.05) is 12.2 Å². The maximum Gasteiger partial charge on any atom is 0.129 e. The molecule has 0 spiro atoms. The average molecular weight is 219 g/mol. The molecule has 0 saturated heterocycles. The minimum Gasteiger partial charge on any atom is -0.396 e. The molecule has 1 aliphatic rings. The Kier molecular flexibility index (Phi) is 3.88. The molecular formula is C12H17N3O. The number of anilines is 1. The molecule has 0 aliphatic heterocycles. The number of nitrogens with zero attached hydrogens (tertiary/aromatic N) is 2. The third-order valence-corrected chi connectivity index (χ3v) is 2.76. The molecule has 4 nitrogen and oxygen atoms in total. The summed E-state index contributed by atoms with van der Waals surface area (Å²) < 4.78 is 0. The fourth-order valence-corrected chi connectivity index (χ4v) is 1.85. The van der Waals surface area contributed by atoms with E-state index in [1.165, 1.54) is 0 Å². The number of aliphatic hydroxyl groups is 1. The zero-order valence-corrected chi connectivity index (χ0v) is 9.26. The van der Waals surface area contributed by atoms with Crippen molar-refractivity contribution in [3.05, 3.63) is 30.2 Å². The Morgan fingerprint density at radius 1 is 1.31 bits per heavy atom. The van der Waals surface area contributed by atoms with Crippen molar-refractivity contribution in [2.24, 2.45) is 0 Å². The molecule has 4 heteroatoms. The standard InChI is InChI=1S/C12H17N3O/c16-7-3-6-13-12-8-11(14-9-15-12)10-4-1-2-5-10/h1-2,8-10,16H,3-7H2,(H,13,14,15). The molecule has 0 amide bonds. The first-order valence-corrected chi connectivity index (χ1v) is 5.72. The van der Waals surface area contributed by atoms with E-state index in [-0.39, 0.29) is 6.61 Å². The lowest BCUT2D eigenvalue weighted by molar-refractivity contribution is 0.292. The summed E-state index contributed by atoms with van der Waals surface area (Å²) in [6.07, 6.45) is 8.90. The molecule has 0 unspecified atom stereocenters. The van der Waals surface area contributed by atoms with Crippen LogP contribution in [0.5, 0.6) is 0 Å². The summed E-state index contributed by atoms with van der Waals surface area (Å²) in [4.78, 5) is 8.47. The van der Waals surface area contributed by atoms with Crippen LogP contribution in [0.25, 0.3) is 0 Å². The van der Waals surface area contributed by atoms with Crippen molar-refractivity contribution >= 4 is 5.82 Å². The molecule has 2 N–H and O–H groups in total. The highest BCUT2D eigenvalue weighted by Crippen LogP contribution is 2.28. The van der Waals surface area contributed by atoms with Gasteiger partial charge in [-0.05, 0) is 19.3 Å². The number of hydrogen-bond acceptors (Lipinski definition) is 4. The summed E-state index contributed by atoms with van der Waals surface area (Å²) in [6.45, 7) is 0.952. The second-order valence-electron chi connectivity index (χ2n) is 3.97. The summed E-state index contributed by atoms with van der Waals surface area (Å²) in [5.41, 5.74) is 1.10. The van der Waals surface area contributed by atoms with E-state index >= 15 is 0 Å². The minimum atomic E-state index is 0.206. The van der Waals surface area contributed by atoms with Crippen LogP contribution < -0.4 is 5.32 Å². The van der Waals surface area contributed by atoms with Gasteiger partial charge < -0.3 is 10.4 Å². The normalized spacial score (nSPS) is 15.6. The van der Waals surface area contributed by atoms with Crippen molar-refractivity contribution in [2.45, 2.75) is 25.2 Å². The Hall–Kier alpha value is -1.42. The van der Waals surface area contributed by atoms with Crippen molar-refractivity contribution in [3.63, 3.8) is 0 Å². The summed E-state index contributed by atoms with van der Waals surface area (Å²) in [5.74, 6) is 1.37. The van der Waals surface area contributed by atoms with E-state index in [0.29, 0.717) is 5.92 Å². The monoisotopic (exact) mass is 219 g/mol. The van der Waals surface area contributed by atoms with Crippen LogP contribution in [0.2, 0.25) is 0 Å². The third-order valence-electron chi connectivity index (χ3n) is 2.76. The first-order valence-electron chi connectivity index (χ1n) is 5.72. The number of hydrogen-bond donors (Lipinski definition) is 2. The lowest BCUT2D eigenvalue weighted by Crippen LogP contribution is -2.07. The number of rotatable bonds is 5. The van der Waals surface area contributed by atoms with Gasteiger partial charge >= 0.3 is 0 Å². The molecule has 2 rings (SSSR count). The molecule has 1 aromatic rings. The number of nitrogens with one attached hydrogen (secondary N) is 1. The second-order valence-corrected chi connectivity index (χ2v) is 3.97. The quantitative estimate of drug-likeness (QED) is 0.584. The lowest BCUT2D eigenvalue weighted by Gasteiger charge is -2.10. The van der Waals surface area contributed by atoms with E-state index in [1.807, 2.05) is 6.07 Å². The molecule has 0 atom stereocenters. The SMILES string of the molecule is OCCCNc1cc(C2CC=CC2)ncn1. The smallest absolute Gasteiger partial charge is 0.129 e. The topological polar surface area (TPSA) is 58.0 Å². The molecule has 0 bridgehead atoms. The predicted molar refractivity (Wildman–Crippen MR) is 63.3 cm³/mol. The zero-order chi connectivity index (χ0) is 11.2. The van der Waals surface area contributed by atoms with Gasteiger partial charge in [-0.15, -0.1) is 0 Å². The molecule has 0 fully saturated rings. The van der Waals surface area contributed by atoms with Crippen molar-refractivity contribution in [1.82, 2.24) is 9.97 Å². The Morgan fingerprint density at radius 3 is 2.88 bits per heavy atom. The van der Waals surface area contributed by atoms with E-state index < -0.39 is 0 Å². The van der Waals surface area contributed by atoms with Crippen LogP contribution in [0.1, 0.15) is 30.9 Å². The number of aliphatic hydroxyl groups excluding tert-OH is 1. The van der Waals surface area contributed by atoms with Gasteiger partial charge in [-0.3, -0.25) is 0 Å². The third kappa shape index (κ3) is 2.79. The molecule has 16 heavy (non-hydrogen) atoms. The number of allylic oxidation sites excluding steroid dienone is 2. The minimum absolute atomic E-state index is 0.206. The first-order chi connectivity index (χ1) is 7.90. The van der Waals surface area contributed by atoms with Gasteiger partial charge in [0.05, 0.1) is 0 Å². The van der Waals surface area contributed by atoms with Gasteiger partial charge in [0.2, 0.25) is 0 Å². The largest absolute Gasteiger partial charge is 0.396 e. The van der Waals surface area contributed by atoms with Crippen LogP contribution in [0, 0.1) is 0 Å². The Morgan fingerprint density at radius 2 is 2.12 bits per heavy atom. The van der Waals surface area contributed by atoms with E-state index in [0.717, 1.165) is 37.3 Å². The Labute approximate surface area is 95.4 Å². The summed E-state index contributed by atoms with van der Waals surface area (Å²) in [6, 6.07) is 2.01. The molecule has 0 aromatic carbocycles. The van der Waals surface area contributed by atoms with Crippen molar-refractivity contribution < 1.29 is 5.11 Å². The summed E-state index contributed by atoms with van der Waals surface area (Å²) >= 11 is 0. The van der Waals surface area contributed by atoms with Crippen LogP contribution in [-0.4, -0.2) is 28.2 Å². The van der Waals surface area contributed by atoms with Crippen LogP contribution >= 0.6 is 0 Å². The van der Waals surface area contributed by atoms with Crippen molar-refractivity contribution in [1.29, 1.82) is 0 Å². The van der Waals surface area contributed by atoms with Crippen LogP contribution in [0.15, 0.2) is 24.5 Å².